The maximum absolute atomic E-state index is 12.9. The molecule has 0 radical (unpaired) electrons. The van der Waals surface area contributed by atoms with Crippen LogP contribution in [0.4, 0.5) is 8.78 Å². The Morgan fingerprint density at radius 3 is 2.17 bits per heavy atom. The first kappa shape index (κ1) is 14.8. The molecule has 0 saturated carbocycles. The molecule has 23 heavy (non-hydrogen) atoms. The molecular weight excluding hydrogens is 306 g/mol. The molecule has 0 fully saturated rings. The zero-order valence-corrected chi connectivity index (χ0v) is 11.7. The van der Waals surface area contributed by atoms with E-state index in [0.29, 0.717) is 5.56 Å². The van der Waals surface area contributed by atoms with Gasteiger partial charge in [-0.15, -0.1) is 5.10 Å². The number of carbonyl (C=O) groups is 1. The molecule has 0 atom stereocenters. The van der Waals surface area contributed by atoms with E-state index in [1.807, 2.05) is 0 Å². The van der Waals surface area contributed by atoms with Crippen molar-refractivity contribution in [3.05, 3.63) is 76.3 Å². The van der Waals surface area contributed by atoms with Gasteiger partial charge in [0.25, 0.3) is 0 Å². The van der Waals surface area contributed by atoms with E-state index < -0.39 is 23.2 Å². The molecule has 0 aliphatic heterocycles. The molecule has 0 bridgehead atoms. The molecule has 0 N–H and O–H groups in total. The van der Waals surface area contributed by atoms with Crippen molar-refractivity contribution >= 4 is 5.78 Å². The summed E-state index contributed by atoms with van der Waals surface area (Å²) in [7, 11) is 0. The van der Waals surface area contributed by atoms with Crippen molar-refractivity contribution in [1.29, 1.82) is 0 Å². The third kappa shape index (κ3) is 3.23. The number of nitrogens with zero attached hydrogens (tertiary/aromatic N) is 2. The van der Waals surface area contributed by atoms with E-state index in [1.165, 1.54) is 36.4 Å². The third-order valence-corrected chi connectivity index (χ3v) is 3.16. The van der Waals surface area contributed by atoms with Crippen LogP contribution in [0.25, 0.3) is 11.5 Å². The number of hydrogen-bond acceptors (Lipinski definition) is 4. The van der Waals surface area contributed by atoms with Crippen molar-refractivity contribution in [2.75, 3.05) is 0 Å². The molecule has 0 aliphatic carbocycles. The predicted molar refractivity (Wildman–Crippen MR) is 76.9 cm³/mol. The van der Waals surface area contributed by atoms with Crippen molar-refractivity contribution in [3.8, 4) is 11.5 Å². The molecule has 7 heteroatoms. The Bertz CT molecular complexity index is 896. The second-order valence-electron chi connectivity index (χ2n) is 4.77. The van der Waals surface area contributed by atoms with Crippen LogP contribution in [-0.4, -0.2) is 15.6 Å². The number of ketones is 1. The average molecular weight is 316 g/mol. The lowest BCUT2D eigenvalue weighted by Crippen LogP contribution is -2.21. The lowest BCUT2D eigenvalue weighted by Gasteiger charge is -1.99. The molecule has 0 amide bonds. The number of rotatable bonds is 4. The Morgan fingerprint density at radius 1 is 1.00 bits per heavy atom. The van der Waals surface area contributed by atoms with E-state index in [-0.39, 0.29) is 18.0 Å². The minimum Gasteiger partial charge on any atom is -0.388 e. The SMILES string of the molecule is O=C(Cn1nc(-c2ccc(F)cc2)oc1=O)c1ccc(F)cc1. The van der Waals surface area contributed by atoms with E-state index >= 15 is 0 Å². The quantitative estimate of drug-likeness (QED) is 0.694. The lowest BCUT2D eigenvalue weighted by atomic mass is 10.1. The third-order valence-electron chi connectivity index (χ3n) is 3.16. The van der Waals surface area contributed by atoms with Crippen molar-refractivity contribution in [2.24, 2.45) is 0 Å². The normalized spacial score (nSPS) is 10.7. The first-order valence-electron chi connectivity index (χ1n) is 6.65. The summed E-state index contributed by atoms with van der Waals surface area (Å²) in [6, 6.07) is 10.2. The molecule has 5 nitrogen and oxygen atoms in total. The first-order valence-corrected chi connectivity index (χ1v) is 6.65. The summed E-state index contributed by atoms with van der Waals surface area (Å²) >= 11 is 0. The average Bonchev–Trinajstić information content (AvgIpc) is 2.89. The van der Waals surface area contributed by atoms with Gasteiger partial charge in [-0.25, -0.2) is 13.6 Å². The van der Waals surface area contributed by atoms with Crippen LogP contribution in [0.5, 0.6) is 0 Å². The minimum absolute atomic E-state index is 0.0121. The predicted octanol–water partition coefficient (Wildman–Crippen LogP) is 2.66. The van der Waals surface area contributed by atoms with E-state index in [1.54, 1.807) is 0 Å². The molecule has 0 unspecified atom stereocenters. The molecule has 2 aromatic carbocycles. The summed E-state index contributed by atoms with van der Waals surface area (Å²) in [6.45, 7) is -0.338. The second-order valence-corrected chi connectivity index (χ2v) is 4.77. The van der Waals surface area contributed by atoms with Crippen LogP contribution in [0.3, 0.4) is 0 Å². The van der Waals surface area contributed by atoms with Gasteiger partial charge in [0, 0.05) is 11.1 Å². The second kappa shape index (κ2) is 5.96. The van der Waals surface area contributed by atoms with Gasteiger partial charge in [0.15, 0.2) is 5.78 Å². The van der Waals surface area contributed by atoms with Gasteiger partial charge in [0.2, 0.25) is 5.89 Å². The molecular formula is C16H10F2N2O3. The van der Waals surface area contributed by atoms with E-state index in [2.05, 4.69) is 5.10 Å². The fraction of sp³-hybridized carbons (Fsp3) is 0.0625. The van der Waals surface area contributed by atoms with Gasteiger partial charge in [-0.3, -0.25) is 4.79 Å². The smallest absolute Gasteiger partial charge is 0.388 e. The van der Waals surface area contributed by atoms with Crippen LogP contribution in [0.15, 0.2) is 57.7 Å². The van der Waals surface area contributed by atoms with Gasteiger partial charge in [-0.05, 0) is 48.5 Å². The molecule has 0 spiro atoms. The number of hydrogen-bond donors (Lipinski definition) is 0. The molecule has 1 aromatic heterocycles. The monoisotopic (exact) mass is 316 g/mol. The Hall–Kier alpha value is -3.09. The highest BCUT2D eigenvalue weighted by molar-refractivity contribution is 5.95. The maximum atomic E-state index is 12.9. The van der Waals surface area contributed by atoms with Gasteiger partial charge in [0.05, 0.1) is 0 Å². The van der Waals surface area contributed by atoms with E-state index in [0.717, 1.165) is 16.8 Å². The molecule has 3 rings (SSSR count). The summed E-state index contributed by atoms with van der Waals surface area (Å²) in [5.74, 6) is -2.12. The van der Waals surface area contributed by atoms with Crippen molar-refractivity contribution < 1.29 is 18.0 Å². The minimum atomic E-state index is -0.806. The van der Waals surface area contributed by atoms with Crippen LogP contribution >= 0.6 is 0 Å². The summed E-state index contributed by atoms with van der Waals surface area (Å²) in [5, 5.41) is 3.91. The molecule has 0 aliphatic rings. The van der Waals surface area contributed by atoms with Crippen molar-refractivity contribution in [3.63, 3.8) is 0 Å². The van der Waals surface area contributed by atoms with Gasteiger partial charge in [0.1, 0.15) is 18.2 Å². The Labute approximate surface area is 128 Å². The molecule has 1 heterocycles. The number of carbonyl (C=O) groups excluding carboxylic acids is 1. The van der Waals surface area contributed by atoms with Crippen LogP contribution in [0.1, 0.15) is 10.4 Å². The molecule has 0 saturated heterocycles. The van der Waals surface area contributed by atoms with Crippen LogP contribution < -0.4 is 5.76 Å². The van der Waals surface area contributed by atoms with Crippen LogP contribution in [-0.2, 0) is 6.54 Å². The zero-order chi connectivity index (χ0) is 16.4. The number of halogens is 2. The van der Waals surface area contributed by atoms with Crippen molar-refractivity contribution in [1.82, 2.24) is 9.78 Å². The number of Topliss-reactive ketones (excluding diaryl/α,β-unsaturated/α-hetero) is 1. The Balaban J connectivity index is 1.84. The first-order chi connectivity index (χ1) is 11.0. The number of benzene rings is 2. The summed E-state index contributed by atoms with van der Waals surface area (Å²) < 4.78 is 31.5. The highest BCUT2D eigenvalue weighted by Gasteiger charge is 2.14. The Kier molecular flexibility index (Phi) is 3.84. The van der Waals surface area contributed by atoms with Gasteiger partial charge >= 0.3 is 5.76 Å². The largest absolute Gasteiger partial charge is 0.437 e. The zero-order valence-electron chi connectivity index (χ0n) is 11.7. The topological polar surface area (TPSA) is 65.1 Å². The van der Waals surface area contributed by atoms with E-state index in [4.69, 9.17) is 4.42 Å². The molecule has 116 valence electrons. The van der Waals surface area contributed by atoms with Gasteiger partial charge in [-0.2, -0.15) is 4.68 Å². The van der Waals surface area contributed by atoms with Crippen LogP contribution in [0.2, 0.25) is 0 Å². The lowest BCUT2D eigenvalue weighted by molar-refractivity contribution is 0.0965. The summed E-state index contributed by atoms with van der Waals surface area (Å²) in [4.78, 5) is 23.8. The van der Waals surface area contributed by atoms with Crippen LogP contribution in [0, 0.1) is 11.6 Å². The highest BCUT2D eigenvalue weighted by atomic mass is 19.1. The number of aromatic nitrogens is 2. The van der Waals surface area contributed by atoms with Gasteiger partial charge < -0.3 is 4.42 Å². The Morgan fingerprint density at radius 2 is 1.57 bits per heavy atom. The fourth-order valence-electron chi connectivity index (χ4n) is 1.98. The molecule has 3 aromatic rings. The van der Waals surface area contributed by atoms with Gasteiger partial charge in [-0.1, -0.05) is 0 Å². The summed E-state index contributed by atoms with van der Waals surface area (Å²) in [6.07, 6.45) is 0. The summed E-state index contributed by atoms with van der Waals surface area (Å²) in [5.41, 5.74) is 0.668. The fourth-order valence-corrected chi connectivity index (χ4v) is 1.98. The van der Waals surface area contributed by atoms with E-state index in [9.17, 15) is 18.4 Å². The van der Waals surface area contributed by atoms with Crippen molar-refractivity contribution in [2.45, 2.75) is 6.54 Å². The standard InChI is InChI=1S/C16H10F2N2O3/c17-12-5-1-10(2-6-12)14(21)9-20-16(22)23-15(19-20)11-3-7-13(18)8-4-11/h1-8H,9H2. The highest BCUT2D eigenvalue weighted by Crippen LogP contribution is 2.15. The maximum Gasteiger partial charge on any atom is 0.437 e.